The highest BCUT2D eigenvalue weighted by molar-refractivity contribution is 6.31. The smallest absolute Gasteiger partial charge is 0.0455 e. The van der Waals surface area contributed by atoms with Gasteiger partial charge >= 0.3 is 0 Å². The normalized spacial score (nSPS) is 17.6. The Balaban J connectivity index is 1.99. The van der Waals surface area contributed by atoms with Crippen LogP contribution in [0.4, 0.5) is 5.69 Å². The summed E-state index contributed by atoms with van der Waals surface area (Å²) in [6.45, 7) is 4.20. The van der Waals surface area contributed by atoms with E-state index in [1.54, 1.807) is 0 Å². The molecule has 1 saturated carbocycles. The zero-order chi connectivity index (χ0) is 12.3. The largest absolute Gasteiger partial charge is 0.384 e. The summed E-state index contributed by atoms with van der Waals surface area (Å²) in [5.74, 6) is 0. The second-order valence-electron chi connectivity index (χ2n) is 5.15. The molecule has 3 heteroatoms. The zero-order valence-corrected chi connectivity index (χ0v) is 11.4. The highest BCUT2D eigenvalue weighted by Crippen LogP contribution is 2.40. The number of hydrogen-bond acceptors (Lipinski definition) is 2. The average molecular weight is 253 g/mol. The van der Waals surface area contributed by atoms with Crippen LogP contribution >= 0.6 is 11.6 Å². The summed E-state index contributed by atoms with van der Waals surface area (Å²) >= 11 is 6.12. The van der Waals surface area contributed by atoms with Crippen LogP contribution in [0.15, 0.2) is 18.2 Å². The third-order valence-corrected chi connectivity index (χ3v) is 4.30. The Morgan fingerprint density at radius 3 is 2.65 bits per heavy atom. The van der Waals surface area contributed by atoms with Gasteiger partial charge in [0.15, 0.2) is 0 Å². The summed E-state index contributed by atoms with van der Waals surface area (Å²) in [4.78, 5) is 0. The van der Waals surface area contributed by atoms with Gasteiger partial charge in [-0.05, 0) is 44.5 Å². The van der Waals surface area contributed by atoms with Gasteiger partial charge in [0.2, 0.25) is 0 Å². The summed E-state index contributed by atoms with van der Waals surface area (Å²) in [6, 6.07) is 6.05. The van der Waals surface area contributed by atoms with Crippen LogP contribution in [0.25, 0.3) is 0 Å². The van der Waals surface area contributed by atoms with Crippen molar-refractivity contribution in [1.82, 2.24) is 5.32 Å². The van der Waals surface area contributed by atoms with E-state index in [-0.39, 0.29) is 0 Å². The molecule has 0 bridgehead atoms. The Labute approximate surface area is 109 Å². The molecule has 0 aromatic heterocycles. The first kappa shape index (κ1) is 12.7. The summed E-state index contributed by atoms with van der Waals surface area (Å²) in [5, 5.41) is 7.70. The Morgan fingerprint density at radius 1 is 1.29 bits per heavy atom. The summed E-state index contributed by atoms with van der Waals surface area (Å²) < 4.78 is 0. The van der Waals surface area contributed by atoms with E-state index >= 15 is 0 Å². The van der Waals surface area contributed by atoms with Crippen LogP contribution in [0.3, 0.4) is 0 Å². The van der Waals surface area contributed by atoms with E-state index in [9.17, 15) is 0 Å². The minimum absolute atomic E-state index is 0.448. The monoisotopic (exact) mass is 252 g/mol. The van der Waals surface area contributed by atoms with Crippen molar-refractivity contribution in [3.05, 3.63) is 28.8 Å². The van der Waals surface area contributed by atoms with Crippen LogP contribution < -0.4 is 10.6 Å². The van der Waals surface area contributed by atoms with E-state index < -0.39 is 0 Å². The molecule has 1 aliphatic rings. The van der Waals surface area contributed by atoms with Crippen LogP contribution in [-0.4, -0.2) is 20.1 Å². The lowest BCUT2D eigenvalue weighted by Gasteiger charge is -2.42. The highest BCUT2D eigenvalue weighted by atomic mass is 35.5. The van der Waals surface area contributed by atoms with E-state index in [0.29, 0.717) is 5.41 Å². The topological polar surface area (TPSA) is 24.1 Å². The molecule has 0 amide bonds. The molecule has 94 valence electrons. The van der Waals surface area contributed by atoms with Crippen molar-refractivity contribution in [3.8, 4) is 0 Å². The molecule has 2 nitrogen and oxygen atoms in total. The number of rotatable bonds is 5. The molecular formula is C14H21ClN2. The second kappa shape index (κ2) is 5.28. The first-order valence-corrected chi connectivity index (χ1v) is 6.68. The first-order chi connectivity index (χ1) is 8.17. The van der Waals surface area contributed by atoms with Crippen LogP contribution in [0.5, 0.6) is 0 Å². The molecule has 2 N–H and O–H groups in total. The first-order valence-electron chi connectivity index (χ1n) is 6.30. The third-order valence-electron chi connectivity index (χ3n) is 3.89. The summed E-state index contributed by atoms with van der Waals surface area (Å²) in [6.07, 6.45) is 4.00. The van der Waals surface area contributed by atoms with Gasteiger partial charge < -0.3 is 10.6 Å². The lowest BCUT2D eigenvalue weighted by molar-refractivity contribution is 0.151. The van der Waals surface area contributed by atoms with Crippen molar-refractivity contribution in [2.45, 2.75) is 26.2 Å². The van der Waals surface area contributed by atoms with E-state index in [0.717, 1.165) is 23.7 Å². The average Bonchev–Trinajstić information content (AvgIpc) is 2.27. The van der Waals surface area contributed by atoms with Gasteiger partial charge in [0.1, 0.15) is 0 Å². The molecule has 1 aromatic rings. The number of benzene rings is 1. The van der Waals surface area contributed by atoms with Crippen molar-refractivity contribution < 1.29 is 0 Å². The van der Waals surface area contributed by atoms with Crippen LogP contribution in [0, 0.1) is 12.3 Å². The lowest BCUT2D eigenvalue weighted by atomic mass is 9.68. The minimum atomic E-state index is 0.448. The van der Waals surface area contributed by atoms with Gasteiger partial charge in [-0.1, -0.05) is 24.1 Å². The Kier molecular flexibility index (Phi) is 3.95. The SMILES string of the molecule is CNCC1(CNc2cccc(Cl)c2C)CCC1. The number of hydrogen-bond donors (Lipinski definition) is 2. The lowest BCUT2D eigenvalue weighted by Crippen LogP contribution is -2.44. The van der Waals surface area contributed by atoms with Gasteiger partial charge in [-0.25, -0.2) is 0 Å². The van der Waals surface area contributed by atoms with Crippen molar-refractivity contribution in [1.29, 1.82) is 0 Å². The third kappa shape index (κ3) is 2.75. The van der Waals surface area contributed by atoms with Gasteiger partial charge in [-0.15, -0.1) is 0 Å². The van der Waals surface area contributed by atoms with Crippen molar-refractivity contribution in [3.63, 3.8) is 0 Å². The fourth-order valence-corrected chi connectivity index (χ4v) is 2.72. The molecule has 0 heterocycles. The maximum absolute atomic E-state index is 6.12. The molecule has 0 radical (unpaired) electrons. The van der Waals surface area contributed by atoms with Crippen LogP contribution in [-0.2, 0) is 0 Å². The van der Waals surface area contributed by atoms with E-state index in [1.165, 1.54) is 24.9 Å². The standard InChI is InChI=1S/C14H21ClN2/c1-11-12(15)5-3-6-13(11)17-10-14(9-16-2)7-4-8-14/h3,5-6,16-17H,4,7-10H2,1-2H3. The molecule has 0 saturated heterocycles. The fourth-order valence-electron chi connectivity index (χ4n) is 2.55. The maximum atomic E-state index is 6.12. The van der Waals surface area contributed by atoms with Crippen molar-refractivity contribution in [2.24, 2.45) is 5.41 Å². The Hall–Kier alpha value is -0.730. The highest BCUT2D eigenvalue weighted by Gasteiger charge is 2.35. The molecule has 1 fully saturated rings. The Bertz CT molecular complexity index is 386. The van der Waals surface area contributed by atoms with E-state index in [2.05, 4.69) is 23.6 Å². The minimum Gasteiger partial charge on any atom is -0.384 e. The van der Waals surface area contributed by atoms with Gasteiger partial charge in [0, 0.05) is 29.2 Å². The maximum Gasteiger partial charge on any atom is 0.0455 e. The van der Waals surface area contributed by atoms with Gasteiger partial charge in [-0.3, -0.25) is 0 Å². The van der Waals surface area contributed by atoms with Crippen LogP contribution in [0.1, 0.15) is 24.8 Å². The molecule has 0 spiro atoms. The molecular weight excluding hydrogens is 232 g/mol. The van der Waals surface area contributed by atoms with E-state index in [1.807, 2.05) is 19.2 Å². The Morgan fingerprint density at radius 2 is 2.06 bits per heavy atom. The summed E-state index contributed by atoms with van der Waals surface area (Å²) in [7, 11) is 2.03. The van der Waals surface area contributed by atoms with Gasteiger partial charge in [-0.2, -0.15) is 0 Å². The molecule has 0 aliphatic heterocycles. The van der Waals surface area contributed by atoms with Crippen molar-refractivity contribution in [2.75, 3.05) is 25.5 Å². The molecule has 0 atom stereocenters. The quantitative estimate of drug-likeness (QED) is 0.839. The molecule has 1 aliphatic carbocycles. The summed E-state index contributed by atoms with van der Waals surface area (Å²) in [5.41, 5.74) is 2.76. The molecule has 1 aromatic carbocycles. The number of halogens is 1. The predicted molar refractivity (Wildman–Crippen MR) is 74.9 cm³/mol. The molecule has 0 unspecified atom stereocenters. The van der Waals surface area contributed by atoms with Gasteiger partial charge in [0.25, 0.3) is 0 Å². The van der Waals surface area contributed by atoms with Gasteiger partial charge in [0.05, 0.1) is 0 Å². The van der Waals surface area contributed by atoms with Crippen LogP contribution in [0.2, 0.25) is 5.02 Å². The fraction of sp³-hybridized carbons (Fsp3) is 0.571. The predicted octanol–water partition coefficient (Wildman–Crippen LogP) is 3.45. The second-order valence-corrected chi connectivity index (χ2v) is 5.56. The van der Waals surface area contributed by atoms with E-state index in [4.69, 9.17) is 11.6 Å². The number of nitrogens with one attached hydrogen (secondary N) is 2. The number of anilines is 1. The van der Waals surface area contributed by atoms with Crippen molar-refractivity contribution >= 4 is 17.3 Å². The zero-order valence-electron chi connectivity index (χ0n) is 10.6. The molecule has 2 rings (SSSR count). The molecule has 17 heavy (non-hydrogen) atoms.